The summed E-state index contributed by atoms with van der Waals surface area (Å²) in [6, 6.07) is 10.9. The van der Waals surface area contributed by atoms with E-state index in [0.717, 1.165) is 0 Å². The summed E-state index contributed by atoms with van der Waals surface area (Å²) in [6.45, 7) is 1.61. The summed E-state index contributed by atoms with van der Waals surface area (Å²) in [4.78, 5) is 38.2. The molecule has 1 atom stereocenters. The van der Waals surface area contributed by atoms with Gasteiger partial charge in [-0.3, -0.25) is 14.4 Å². The third-order valence-corrected chi connectivity index (χ3v) is 6.11. The molecule has 0 bridgehead atoms. The van der Waals surface area contributed by atoms with Crippen LogP contribution in [0, 0.1) is 0 Å². The number of ketones is 1. The summed E-state index contributed by atoms with van der Waals surface area (Å²) in [5.74, 6) is -2.65. The molecule has 1 aliphatic rings. The largest absolute Gasteiger partial charge is 0.495 e. The zero-order valence-corrected chi connectivity index (χ0v) is 18.1. The molecule has 0 radical (unpaired) electrons. The van der Waals surface area contributed by atoms with Gasteiger partial charge in [-0.15, -0.1) is 0 Å². The molecule has 31 heavy (non-hydrogen) atoms. The number of anilines is 2. The van der Waals surface area contributed by atoms with E-state index in [-0.39, 0.29) is 11.5 Å². The van der Waals surface area contributed by atoms with Crippen LogP contribution in [0.2, 0.25) is 0 Å². The van der Waals surface area contributed by atoms with E-state index in [1.807, 2.05) is 0 Å². The minimum atomic E-state index is -4.04. The number of ether oxygens (including phenoxy) is 2. The first-order valence-corrected chi connectivity index (χ1v) is 11.2. The van der Waals surface area contributed by atoms with Crippen LogP contribution in [0.4, 0.5) is 11.4 Å². The van der Waals surface area contributed by atoms with Gasteiger partial charge < -0.3 is 19.7 Å². The Morgan fingerprint density at radius 3 is 2.58 bits per heavy atom. The molecular formula is C21H22N2O7S. The molecule has 9 nitrogen and oxygen atoms in total. The fraction of sp³-hybridized carbons (Fsp3) is 0.286. The van der Waals surface area contributed by atoms with Gasteiger partial charge in [-0.25, -0.2) is 8.42 Å². The Kier molecular flexibility index (Phi) is 6.30. The number of hydrogen-bond donors (Lipinski definition) is 1. The molecule has 0 spiro atoms. The van der Waals surface area contributed by atoms with Crippen LogP contribution in [0.5, 0.6) is 11.5 Å². The summed E-state index contributed by atoms with van der Waals surface area (Å²) < 4.78 is 35.4. The van der Waals surface area contributed by atoms with Crippen molar-refractivity contribution >= 4 is 38.8 Å². The lowest BCUT2D eigenvalue weighted by Gasteiger charge is -2.30. The molecule has 10 heteroatoms. The molecule has 164 valence electrons. The second-order valence-corrected chi connectivity index (χ2v) is 9.11. The quantitative estimate of drug-likeness (QED) is 0.643. The number of likely N-dealkylation sites (N-methyl/N-ethyl adjacent to an activating group) is 1. The molecule has 3 rings (SSSR count). The molecule has 0 fully saturated rings. The van der Waals surface area contributed by atoms with E-state index in [4.69, 9.17) is 9.47 Å². The molecule has 2 amide bonds. The van der Waals surface area contributed by atoms with Crippen molar-refractivity contribution in [1.29, 1.82) is 0 Å². The first kappa shape index (κ1) is 22.3. The number of hydrogen-bond acceptors (Lipinski definition) is 7. The lowest BCUT2D eigenvalue weighted by atomic mass is 10.1. The Balaban J connectivity index is 1.70. The van der Waals surface area contributed by atoms with Crippen LogP contribution in [0.15, 0.2) is 42.5 Å². The van der Waals surface area contributed by atoms with Crippen LogP contribution >= 0.6 is 0 Å². The van der Waals surface area contributed by atoms with E-state index in [9.17, 15) is 22.8 Å². The molecule has 0 unspecified atom stereocenters. The second-order valence-electron chi connectivity index (χ2n) is 7.04. The molecule has 0 aromatic heterocycles. The Bertz CT molecular complexity index is 1140. The SMILES string of the molecule is COc1ccccc1NC(=O)CS(=O)(=O)CC(=O)c1ccc2c(c1)N(C)C(=O)[C@@H](C)O2. The van der Waals surface area contributed by atoms with E-state index >= 15 is 0 Å². The molecule has 1 N–H and O–H groups in total. The minimum absolute atomic E-state index is 0.102. The van der Waals surface area contributed by atoms with Crippen molar-refractivity contribution in [3.63, 3.8) is 0 Å². The van der Waals surface area contributed by atoms with E-state index in [2.05, 4.69) is 5.32 Å². The summed E-state index contributed by atoms with van der Waals surface area (Å²) >= 11 is 0. The summed E-state index contributed by atoms with van der Waals surface area (Å²) in [5.41, 5.74) is 0.804. The first-order valence-electron chi connectivity index (χ1n) is 9.36. The monoisotopic (exact) mass is 446 g/mol. The van der Waals surface area contributed by atoms with Crippen LogP contribution in [0.1, 0.15) is 17.3 Å². The predicted molar refractivity (Wildman–Crippen MR) is 115 cm³/mol. The van der Waals surface area contributed by atoms with Crippen LogP contribution in [0.3, 0.4) is 0 Å². The first-order chi connectivity index (χ1) is 14.6. The van der Waals surface area contributed by atoms with Gasteiger partial charge in [0.2, 0.25) is 5.91 Å². The number of benzene rings is 2. The molecule has 2 aromatic rings. The van der Waals surface area contributed by atoms with Crippen LogP contribution in [-0.2, 0) is 19.4 Å². The minimum Gasteiger partial charge on any atom is -0.495 e. The second kappa shape index (κ2) is 8.76. The van der Waals surface area contributed by atoms with Gasteiger partial charge >= 0.3 is 0 Å². The molecule has 0 saturated heterocycles. The summed E-state index contributed by atoms with van der Waals surface area (Å²) in [7, 11) is -1.06. The highest BCUT2D eigenvalue weighted by Crippen LogP contribution is 2.34. The Labute approximate surface area is 179 Å². The number of para-hydroxylation sites is 2. The highest BCUT2D eigenvalue weighted by molar-refractivity contribution is 7.92. The van der Waals surface area contributed by atoms with Crippen molar-refractivity contribution in [1.82, 2.24) is 0 Å². The zero-order valence-electron chi connectivity index (χ0n) is 17.2. The molecule has 0 saturated carbocycles. The Morgan fingerprint density at radius 2 is 1.87 bits per heavy atom. The molecule has 2 aromatic carbocycles. The highest BCUT2D eigenvalue weighted by atomic mass is 32.2. The number of nitrogens with one attached hydrogen (secondary N) is 1. The van der Waals surface area contributed by atoms with Gasteiger partial charge in [-0.2, -0.15) is 0 Å². The van der Waals surface area contributed by atoms with E-state index < -0.39 is 39.1 Å². The van der Waals surface area contributed by atoms with Gasteiger partial charge in [0.15, 0.2) is 21.7 Å². The van der Waals surface area contributed by atoms with Crippen molar-refractivity contribution in [2.75, 3.05) is 35.9 Å². The maximum Gasteiger partial charge on any atom is 0.267 e. The van der Waals surface area contributed by atoms with Crippen molar-refractivity contribution in [2.45, 2.75) is 13.0 Å². The van der Waals surface area contributed by atoms with Gasteiger partial charge in [-0.1, -0.05) is 12.1 Å². The van der Waals surface area contributed by atoms with E-state index in [0.29, 0.717) is 22.9 Å². The normalized spacial score (nSPS) is 15.6. The predicted octanol–water partition coefficient (Wildman–Crippen LogP) is 1.68. The zero-order chi connectivity index (χ0) is 22.8. The molecular weight excluding hydrogens is 424 g/mol. The maximum absolute atomic E-state index is 12.6. The van der Waals surface area contributed by atoms with Gasteiger partial charge in [0.25, 0.3) is 5.91 Å². The maximum atomic E-state index is 12.6. The molecule has 1 aliphatic heterocycles. The average molecular weight is 446 g/mol. The van der Waals surface area contributed by atoms with Crippen molar-refractivity contribution in [2.24, 2.45) is 0 Å². The number of nitrogens with zero attached hydrogens (tertiary/aromatic N) is 1. The Morgan fingerprint density at radius 1 is 1.16 bits per heavy atom. The van der Waals surface area contributed by atoms with Gasteiger partial charge in [0.1, 0.15) is 23.0 Å². The van der Waals surface area contributed by atoms with Crippen molar-refractivity contribution in [3.05, 3.63) is 48.0 Å². The number of carbonyl (C=O) groups excluding carboxylic acids is 3. The van der Waals surface area contributed by atoms with E-state index in [1.54, 1.807) is 38.2 Å². The number of methoxy groups -OCH3 is 1. The smallest absolute Gasteiger partial charge is 0.267 e. The number of fused-ring (bicyclic) bond motifs is 1. The lowest BCUT2D eigenvalue weighted by molar-refractivity contribution is -0.125. The van der Waals surface area contributed by atoms with Crippen LogP contribution in [0.25, 0.3) is 0 Å². The van der Waals surface area contributed by atoms with Gasteiger partial charge in [0, 0.05) is 12.6 Å². The fourth-order valence-electron chi connectivity index (χ4n) is 3.15. The average Bonchev–Trinajstić information content (AvgIpc) is 2.71. The number of carbonyl (C=O) groups is 3. The number of rotatable bonds is 7. The standard InChI is InChI=1S/C21H22N2O7S/c1-13-21(26)23(2)16-10-14(8-9-19(16)30-13)17(24)11-31(27,28)12-20(25)22-15-6-4-5-7-18(15)29-3/h4-10,13H,11-12H2,1-3H3,(H,22,25)/t13-/m1/s1. The third kappa shape index (κ3) is 5.02. The van der Waals surface area contributed by atoms with Gasteiger partial charge in [-0.05, 0) is 37.3 Å². The highest BCUT2D eigenvalue weighted by Gasteiger charge is 2.30. The topological polar surface area (TPSA) is 119 Å². The third-order valence-electron chi connectivity index (χ3n) is 4.71. The fourth-order valence-corrected chi connectivity index (χ4v) is 4.29. The summed E-state index contributed by atoms with van der Waals surface area (Å²) in [6.07, 6.45) is -0.652. The molecule has 0 aliphatic carbocycles. The number of Topliss-reactive ketones (excluding diaryl/α,β-unsaturated/α-hetero) is 1. The van der Waals surface area contributed by atoms with Crippen LogP contribution in [-0.4, -0.2) is 57.8 Å². The number of amides is 2. The van der Waals surface area contributed by atoms with Gasteiger partial charge in [0.05, 0.1) is 18.5 Å². The summed E-state index contributed by atoms with van der Waals surface area (Å²) in [5, 5.41) is 2.47. The lowest BCUT2D eigenvalue weighted by Crippen LogP contribution is -2.42. The molecule has 1 heterocycles. The number of sulfone groups is 1. The van der Waals surface area contributed by atoms with Crippen molar-refractivity contribution < 1.29 is 32.3 Å². The van der Waals surface area contributed by atoms with Crippen LogP contribution < -0.4 is 19.7 Å². The van der Waals surface area contributed by atoms with E-state index in [1.165, 1.54) is 30.2 Å². The Hall–Kier alpha value is -3.40. The van der Waals surface area contributed by atoms with Crippen molar-refractivity contribution in [3.8, 4) is 11.5 Å².